The molecule has 0 spiro atoms. The van der Waals surface area contributed by atoms with Crippen LogP contribution in [0.1, 0.15) is 19.5 Å². The normalized spacial score (nSPS) is 10.8. The van der Waals surface area contributed by atoms with E-state index in [1.165, 1.54) is 11.5 Å². The zero-order valence-corrected chi connectivity index (χ0v) is 11.9. The monoisotopic (exact) mass is 268 g/mol. The maximum Gasteiger partial charge on any atom is 0.149 e. The summed E-state index contributed by atoms with van der Waals surface area (Å²) in [4.78, 5) is 6.77. The number of nitrogens with zero attached hydrogens (tertiary/aromatic N) is 3. The van der Waals surface area contributed by atoms with Gasteiger partial charge >= 0.3 is 0 Å². The van der Waals surface area contributed by atoms with Crippen LogP contribution in [-0.2, 0) is 0 Å². The van der Waals surface area contributed by atoms with Gasteiger partial charge in [-0.05, 0) is 32.3 Å². The number of aryl methyl sites for hydroxylation is 1. The summed E-state index contributed by atoms with van der Waals surface area (Å²) >= 11 is 3.08. The van der Waals surface area contributed by atoms with E-state index in [4.69, 9.17) is 5.73 Å². The summed E-state index contributed by atoms with van der Waals surface area (Å²) in [5, 5.41) is 4.14. The molecule has 0 saturated heterocycles. The number of hydrogen-bond donors (Lipinski definition) is 1. The van der Waals surface area contributed by atoms with Crippen molar-refractivity contribution in [3.8, 4) is 10.6 Å². The Morgan fingerprint density at radius 2 is 2.06 bits per heavy atom. The van der Waals surface area contributed by atoms with Crippen LogP contribution in [0.3, 0.4) is 0 Å². The third-order valence-corrected chi connectivity index (χ3v) is 4.48. The fraction of sp³-hybridized carbons (Fsp3) is 0.455. The first-order valence-corrected chi connectivity index (χ1v) is 7.25. The second kappa shape index (κ2) is 5.01. The average Bonchev–Trinajstić information content (AvgIpc) is 2.87. The van der Waals surface area contributed by atoms with E-state index in [0.717, 1.165) is 34.4 Å². The standard InChI is InChI=1S/C11H16N4S2/c1-4-15(5-2)11-8(9(12)14-17-11)10-13-7(3)6-16-10/h6H,4-5H2,1-3H3,(H2,12,14). The van der Waals surface area contributed by atoms with Gasteiger partial charge in [0.15, 0.2) is 0 Å². The molecule has 0 fully saturated rings. The average molecular weight is 268 g/mol. The van der Waals surface area contributed by atoms with Gasteiger partial charge in [0.05, 0.1) is 5.56 Å². The first-order valence-electron chi connectivity index (χ1n) is 5.59. The van der Waals surface area contributed by atoms with Crippen molar-refractivity contribution < 1.29 is 0 Å². The van der Waals surface area contributed by atoms with Crippen LogP contribution in [0.15, 0.2) is 5.38 Å². The number of hydrogen-bond acceptors (Lipinski definition) is 6. The second-order valence-corrected chi connectivity index (χ2v) is 5.32. The van der Waals surface area contributed by atoms with Crippen LogP contribution in [0.25, 0.3) is 10.6 Å². The number of anilines is 2. The van der Waals surface area contributed by atoms with Crippen molar-refractivity contribution >= 4 is 33.7 Å². The molecule has 6 heteroatoms. The molecule has 0 aromatic carbocycles. The largest absolute Gasteiger partial charge is 0.382 e. The SMILES string of the molecule is CCN(CC)c1snc(N)c1-c1nc(C)cs1. The predicted molar refractivity (Wildman–Crippen MR) is 75.9 cm³/mol. The van der Waals surface area contributed by atoms with Gasteiger partial charge in [-0.1, -0.05) is 0 Å². The lowest BCUT2D eigenvalue weighted by Gasteiger charge is -2.19. The van der Waals surface area contributed by atoms with Gasteiger partial charge in [-0.25, -0.2) is 4.98 Å². The van der Waals surface area contributed by atoms with Crippen LogP contribution in [-0.4, -0.2) is 22.4 Å². The predicted octanol–water partition coefficient (Wildman–Crippen LogP) is 3.00. The second-order valence-electron chi connectivity index (χ2n) is 3.71. The highest BCUT2D eigenvalue weighted by atomic mass is 32.1. The van der Waals surface area contributed by atoms with Crippen molar-refractivity contribution in [2.45, 2.75) is 20.8 Å². The molecule has 2 N–H and O–H groups in total. The third-order valence-electron chi connectivity index (χ3n) is 2.58. The van der Waals surface area contributed by atoms with Gasteiger partial charge < -0.3 is 10.6 Å². The van der Waals surface area contributed by atoms with E-state index in [-0.39, 0.29) is 0 Å². The van der Waals surface area contributed by atoms with E-state index in [0.29, 0.717) is 5.82 Å². The summed E-state index contributed by atoms with van der Waals surface area (Å²) < 4.78 is 4.26. The minimum Gasteiger partial charge on any atom is -0.382 e. The van der Waals surface area contributed by atoms with E-state index in [9.17, 15) is 0 Å². The van der Waals surface area contributed by atoms with Crippen molar-refractivity contribution in [2.75, 3.05) is 23.7 Å². The van der Waals surface area contributed by atoms with Crippen LogP contribution in [0, 0.1) is 6.92 Å². The molecule has 0 aliphatic heterocycles. The Hall–Kier alpha value is -1.14. The molecule has 0 radical (unpaired) electrons. The number of aromatic nitrogens is 2. The number of rotatable bonds is 4. The van der Waals surface area contributed by atoms with Crippen LogP contribution in [0.5, 0.6) is 0 Å². The number of thiazole rings is 1. The zero-order valence-electron chi connectivity index (χ0n) is 10.2. The van der Waals surface area contributed by atoms with Gasteiger partial charge in [-0.2, -0.15) is 4.37 Å². The lowest BCUT2D eigenvalue weighted by atomic mass is 10.3. The maximum absolute atomic E-state index is 5.97. The molecule has 2 rings (SSSR count). The Kier molecular flexibility index (Phi) is 3.63. The fourth-order valence-corrected chi connectivity index (χ4v) is 3.55. The van der Waals surface area contributed by atoms with Crippen LogP contribution in [0.2, 0.25) is 0 Å². The Morgan fingerprint density at radius 1 is 1.35 bits per heavy atom. The van der Waals surface area contributed by atoms with Gasteiger partial charge in [0, 0.05) is 24.2 Å². The van der Waals surface area contributed by atoms with E-state index in [2.05, 4.69) is 28.1 Å². The number of nitrogens with two attached hydrogens (primary N) is 1. The van der Waals surface area contributed by atoms with Crippen molar-refractivity contribution in [2.24, 2.45) is 0 Å². The lowest BCUT2D eigenvalue weighted by molar-refractivity contribution is 0.877. The quantitative estimate of drug-likeness (QED) is 0.926. The van der Waals surface area contributed by atoms with E-state index in [1.54, 1.807) is 11.3 Å². The third kappa shape index (κ3) is 2.28. The number of nitrogen functional groups attached to an aromatic ring is 1. The van der Waals surface area contributed by atoms with Gasteiger partial charge in [0.2, 0.25) is 0 Å². The van der Waals surface area contributed by atoms with Gasteiger partial charge in [-0.15, -0.1) is 11.3 Å². The Balaban J connectivity index is 2.49. The molecular weight excluding hydrogens is 252 g/mol. The Morgan fingerprint density at radius 3 is 2.59 bits per heavy atom. The molecule has 0 unspecified atom stereocenters. The molecule has 0 bridgehead atoms. The summed E-state index contributed by atoms with van der Waals surface area (Å²) in [7, 11) is 0. The summed E-state index contributed by atoms with van der Waals surface area (Å²) in [6.45, 7) is 8.17. The zero-order chi connectivity index (χ0) is 12.4. The molecule has 0 saturated carbocycles. The van der Waals surface area contributed by atoms with Crippen LogP contribution >= 0.6 is 22.9 Å². The van der Waals surface area contributed by atoms with Gasteiger partial charge in [-0.3, -0.25) is 0 Å². The van der Waals surface area contributed by atoms with Crippen molar-refractivity contribution in [1.29, 1.82) is 0 Å². The molecule has 0 aliphatic carbocycles. The fourth-order valence-electron chi connectivity index (χ4n) is 1.69. The van der Waals surface area contributed by atoms with Crippen molar-refractivity contribution in [3.05, 3.63) is 11.1 Å². The van der Waals surface area contributed by atoms with E-state index < -0.39 is 0 Å². The topological polar surface area (TPSA) is 55.0 Å². The summed E-state index contributed by atoms with van der Waals surface area (Å²) in [5.74, 6) is 0.589. The van der Waals surface area contributed by atoms with E-state index >= 15 is 0 Å². The minimum absolute atomic E-state index is 0.589. The highest BCUT2D eigenvalue weighted by Crippen LogP contribution is 2.40. The first kappa shape index (κ1) is 12.3. The lowest BCUT2D eigenvalue weighted by Crippen LogP contribution is -2.21. The summed E-state index contributed by atoms with van der Waals surface area (Å²) in [6, 6.07) is 0. The molecule has 0 atom stereocenters. The highest BCUT2D eigenvalue weighted by Gasteiger charge is 2.19. The highest BCUT2D eigenvalue weighted by molar-refractivity contribution is 7.15. The van der Waals surface area contributed by atoms with Crippen molar-refractivity contribution in [3.63, 3.8) is 0 Å². The molecule has 2 heterocycles. The molecule has 92 valence electrons. The summed E-state index contributed by atoms with van der Waals surface area (Å²) in [6.07, 6.45) is 0. The van der Waals surface area contributed by atoms with Crippen molar-refractivity contribution in [1.82, 2.24) is 9.36 Å². The van der Waals surface area contributed by atoms with Crippen LogP contribution < -0.4 is 10.6 Å². The van der Waals surface area contributed by atoms with Gasteiger partial charge in [0.25, 0.3) is 0 Å². The molecule has 2 aromatic rings. The maximum atomic E-state index is 5.97. The molecule has 4 nitrogen and oxygen atoms in total. The van der Waals surface area contributed by atoms with Gasteiger partial charge in [0.1, 0.15) is 15.8 Å². The molecular formula is C11H16N4S2. The molecule has 0 amide bonds. The minimum atomic E-state index is 0.589. The molecule has 17 heavy (non-hydrogen) atoms. The summed E-state index contributed by atoms with van der Waals surface area (Å²) in [5.41, 5.74) is 7.99. The first-order chi connectivity index (χ1) is 8.17. The smallest absolute Gasteiger partial charge is 0.149 e. The Labute approximate surface area is 109 Å². The molecule has 0 aliphatic rings. The Bertz CT molecular complexity index is 499. The van der Waals surface area contributed by atoms with Crippen LogP contribution in [0.4, 0.5) is 10.8 Å². The molecule has 2 aromatic heterocycles. The van der Waals surface area contributed by atoms with E-state index in [1.807, 2.05) is 12.3 Å².